The summed E-state index contributed by atoms with van der Waals surface area (Å²) in [7, 11) is 0. The van der Waals surface area contributed by atoms with Gasteiger partial charge >= 0.3 is 5.97 Å². The van der Waals surface area contributed by atoms with Crippen molar-refractivity contribution in [1.82, 2.24) is 14.9 Å². The van der Waals surface area contributed by atoms with Crippen molar-refractivity contribution < 1.29 is 14.7 Å². The van der Waals surface area contributed by atoms with E-state index in [-0.39, 0.29) is 35.4 Å². The highest BCUT2D eigenvalue weighted by molar-refractivity contribution is 7.99. The van der Waals surface area contributed by atoms with Crippen molar-refractivity contribution in [3.63, 3.8) is 0 Å². The van der Waals surface area contributed by atoms with Gasteiger partial charge in [0.2, 0.25) is 11.1 Å². The summed E-state index contributed by atoms with van der Waals surface area (Å²) in [6, 6.07) is 5.13. The molecule has 0 aliphatic heterocycles. The molecule has 1 aromatic carbocycles. The number of nitrogen functional groups attached to an aromatic ring is 1. The molecule has 9 nitrogen and oxygen atoms in total. The van der Waals surface area contributed by atoms with Gasteiger partial charge in [-0.2, -0.15) is 4.68 Å². The van der Waals surface area contributed by atoms with Gasteiger partial charge in [0.1, 0.15) is 5.69 Å². The summed E-state index contributed by atoms with van der Waals surface area (Å²) >= 11 is 6.84. The summed E-state index contributed by atoms with van der Waals surface area (Å²) in [5.74, 6) is 4.22. The molecule has 2 aromatic rings. The van der Waals surface area contributed by atoms with Crippen LogP contribution in [0, 0.1) is 6.92 Å². The molecule has 0 radical (unpaired) electrons. The van der Waals surface area contributed by atoms with Gasteiger partial charge < -0.3 is 16.3 Å². The molecule has 0 unspecified atom stereocenters. The quantitative estimate of drug-likeness (QED) is 0.465. The highest BCUT2D eigenvalue weighted by Crippen LogP contribution is 2.21. The third kappa shape index (κ3) is 5.20. The van der Waals surface area contributed by atoms with Crippen molar-refractivity contribution in [2.45, 2.75) is 24.9 Å². The van der Waals surface area contributed by atoms with E-state index in [0.717, 1.165) is 22.0 Å². The van der Waals surface area contributed by atoms with E-state index in [1.54, 1.807) is 18.2 Å². The third-order valence-electron chi connectivity index (χ3n) is 3.31. The second-order valence-corrected chi connectivity index (χ2v) is 6.67. The molecule has 11 heteroatoms. The number of aromatic nitrogens is 3. The highest BCUT2D eigenvalue weighted by Gasteiger charge is 2.14. The molecule has 0 aliphatic rings. The van der Waals surface area contributed by atoms with Crippen LogP contribution in [0.3, 0.4) is 0 Å². The fourth-order valence-corrected chi connectivity index (χ4v) is 2.77. The zero-order chi connectivity index (χ0) is 19.3. The van der Waals surface area contributed by atoms with E-state index in [1.165, 1.54) is 0 Å². The number of aliphatic carboxylic acids is 1. The van der Waals surface area contributed by atoms with Crippen LogP contribution in [0.25, 0.3) is 0 Å². The molecule has 4 N–H and O–H groups in total. The number of benzene rings is 1. The number of halogens is 1. The lowest BCUT2D eigenvalue weighted by molar-refractivity contribution is -0.137. The maximum Gasteiger partial charge on any atom is 0.303 e. The number of hydrogen-bond donors (Lipinski definition) is 3. The van der Waals surface area contributed by atoms with E-state index in [1.807, 2.05) is 6.92 Å². The smallest absolute Gasteiger partial charge is 0.303 e. The number of carbonyl (C=O) groups excluding carboxylic acids is 1. The fourth-order valence-electron chi connectivity index (χ4n) is 1.95. The van der Waals surface area contributed by atoms with Crippen LogP contribution in [0.4, 0.5) is 5.69 Å². The lowest BCUT2D eigenvalue weighted by Crippen LogP contribution is -2.34. The number of thioether (sulfide) groups is 1. The van der Waals surface area contributed by atoms with Gasteiger partial charge in [-0.1, -0.05) is 29.4 Å². The number of carbonyl (C=O) groups is 2. The molecule has 0 spiro atoms. The van der Waals surface area contributed by atoms with Crippen LogP contribution >= 0.6 is 23.4 Å². The van der Waals surface area contributed by atoms with E-state index < -0.39 is 11.5 Å². The lowest BCUT2D eigenvalue weighted by atomic mass is 10.2. The molecule has 0 aliphatic carbocycles. The van der Waals surface area contributed by atoms with Gasteiger partial charge in [0, 0.05) is 17.1 Å². The van der Waals surface area contributed by atoms with Gasteiger partial charge in [-0.25, -0.2) is 0 Å². The van der Waals surface area contributed by atoms with Gasteiger partial charge in [0.05, 0.1) is 12.2 Å². The summed E-state index contributed by atoms with van der Waals surface area (Å²) in [5.41, 5.74) is 0.752. The SMILES string of the molecule is Cc1ccc(Cl)cc1NC(=O)CSc1nnc(CCC(=O)O)c(=O)n1N. The summed E-state index contributed by atoms with van der Waals surface area (Å²) in [6.07, 6.45) is -0.324. The number of anilines is 1. The van der Waals surface area contributed by atoms with Crippen molar-refractivity contribution in [3.05, 3.63) is 44.8 Å². The predicted octanol–water partition coefficient (Wildman–Crippen LogP) is 1.06. The van der Waals surface area contributed by atoms with Crippen molar-refractivity contribution in [1.29, 1.82) is 0 Å². The Morgan fingerprint density at radius 2 is 2.12 bits per heavy atom. The number of nitrogens with two attached hydrogens (primary N) is 1. The first-order chi connectivity index (χ1) is 12.3. The number of nitrogens with zero attached hydrogens (tertiary/aromatic N) is 3. The second kappa shape index (κ2) is 8.68. The second-order valence-electron chi connectivity index (χ2n) is 5.29. The lowest BCUT2D eigenvalue weighted by Gasteiger charge is -2.09. The fraction of sp³-hybridized carbons (Fsp3) is 0.267. The average molecular weight is 398 g/mol. The van der Waals surface area contributed by atoms with Crippen molar-refractivity contribution in [3.8, 4) is 0 Å². The number of rotatable bonds is 7. The Balaban J connectivity index is 2.01. The van der Waals surface area contributed by atoms with E-state index in [9.17, 15) is 14.4 Å². The number of carboxylic acids is 1. The van der Waals surface area contributed by atoms with Crippen LogP contribution in [0.5, 0.6) is 0 Å². The molecule has 1 heterocycles. The first-order valence-corrected chi connectivity index (χ1v) is 8.78. The number of aryl methyl sites for hydroxylation is 2. The predicted molar refractivity (Wildman–Crippen MR) is 97.9 cm³/mol. The Bertz CT molecular complexity index is 902. The minimum absolute atomic E-state index is 0.0433. The molecule has 0 fully saturated rings. The van der Waals surface area contributed by atoms with Gasteiger partial charge in [-0.3, -0.25) is 14.4 Å². The van der Waals surface area contributed by atoms with E-state index in [4.69, 9.17) is 22.6 Å². The Kier molecular flexibility index (Phi) is 6.58. The first kappa shape index (κ1) is 19.7. The standard InChI is InChI=1S/C15H16ClN5O4S/c1-8-2-3-9(16)6-11(8)18-12(22)7-26-15-20-19-10(4-5-13(23)24)14(25)21(15)17/h2-3,6H,4-5,7,17H2,1H3,(H,18,22)(H,23,24). The topological polar surface area (TPSA) is 140 Å². The summed E-state index contributed by atoms with van der Waals surface area (Å²) in [6.45, 7) is 1.83. The minimum atomic E-state index is -1.05. The van der Waals surface area contributed by atoms with Gasteiger partial charge in [-0.05, 0) is 24.6 Å². The third-order valence-corrected chi connectivity index (χ3v) is 4.49. The number of amides is 1. The average Bonchev–Trinajstić information content (AvgIpc) is 2.58. The Labute approximate surface area is 157 Å². The van der Waals surface area contributed by atoms with Gasteiger partial charge in [0.25, 0.3) is 5.56 Å². The van der Waals surface area contributed by atoms with Crippen molar-refractivity contribution >= 4 is 40.9 Å². The van der Waals surface area contributed by atoms with E-state index >= 15 is 0 Å². The monoisotopic (exact) mass is 397 g/mol. The maximum absolute atomic E-state index is 12.1. The molecule has 26 heavy (non-hydrogen) atoms. The molecule has 1 amide bonds. The summed E-state index contributed by atoms with van der Waals surface area (Å²) in [4.78, 5) is 34.7. The van der Waals surface area contributed by atoms with Crippen LogP contribution in [-0.2, 0) is 16.0 Å². The molecule has 0 saturated heterocycles. The molecule has 0 bridgehead atoms. The van der Waals surface area contributed by atoms with E-state index in [0.29, 0.717) is 10.7 Å². The van der Waals surface area contributed by atoms with Crippen LogP contribution in [-0.4, -0.2) is 37.6 Å². The van der Waals surface area contributed by atoms with Gasteiger partial charge in [-0.15, -0.1) is 10.2 Å². The molecule has 2 rings (SSSR count). The minimum Gasteiger partial charge on any atom is -0.481 e. The Morgan fingerprint density at radius 3 is 2.81 bits per heavy atom. The molecular formula is C15H16ClN5O4S. The normalized spacial score (nSPS) is 10.5. The molecular weight excluding hydrogens is 382 g/mol. The van der Waals surface area contributed by atoms with Crippen molar-refractivity contribution in [2.24, 2.45) is 0 Å². The summed E-state index contributed by atoms with van der Waals surface area (Å²) < 4.78 is 0.757. The number of hydrogen-bond acceptors (Lipinski definition) is 7. The number of nitrogens with one attached hydrogen (secondary N) is 1. The number of carboxylic acid groups (broad SMARTS) is 1. The van der Waals surface area contributed by atoms with Crippen LogP contribution in [0.15, 0.2) is 28.2 Å². The maximum atomic E-state index is 12.1. The molecule has 1 aromatic heterocycles. The Hall–Kier alpha value is -2.59. The van der Waals surface area contributed by atoms with Crippen molar-refractivity contribution in [2.75, 3.05) is 16.9 Å². The van der Waals surface area contributed by atoms with Crippen LogP contribution < -0.4 is 16.7 Å². The first-order valence-electron chi connectivity index (χ1n) is 7.42. The van der Waals surface area contributed by atoms with Gasteiger partial charge in [0.15, 0.2) is 0 Å². The zero-order valence-electron chi connectivity index (χ0n) is 13.7. The summed E-state index contributed by atoms with van der Waals surface area (Å²) in [5, 5.41) is 19.4. The van der Waals surface area contributed by atoms with Crippen LogP contribution in [0.1, 0.15) is 17.7 Å². The zero-order valence-corrected chi connectivity index (χ0v) is 15.3. The molecule has 0 saturated carbocycles. The van der Waals surface area contributed by atoms with Crippen LogP contribution in [0.2, 0.25) is 5.02 Å². The highest BCUT2D eigenvalue weighted by atomic mass is 35.5. The largest absolute Gasteiger partial charge is 0.481 e. The molecule has 138 valence electrons. The van der Waals surface area contributed by atoms with E-state index in [2.05, 4.69) is 15.5 Å². The Morgan fingerprint density at radius 1 is 1.38 bits per heavy atom. The molecule has 0 atom stereocenters.